The Hall–Kier alpha value is -2.04. The number of rotatable bonds is 9. The maximum Gasteiger partial charge on any atom is 0.260 e. The first kappa shape index (κ1) is 22.2. The zero-order valence-electron chi connectivity index (χ0n) is 19.3. The molecule has 4 saturated carbocycles. The van der Waals surface area contributed by atoms with Crippen LogP contribution in [0.2, 0.25) is 0 Å². The van der Waals surface area contributed by atoms with Gasteiger partial charge in [-0.1, -0.05) is 26.0 Å². The van der Waals surface area contributed by atoms with Crippen molar-refractivity contribution in [2.24, 2.45) is 23.2 Å². The fraction of sp³-hybridized carbons (Fsp3) is 0.692. The highest BCUT2D eigenvalue weighted by Crippen LogP contribution is 2.61. The lowest BCUT2D eigenvalue weighted by Gasteiger charge is -2.56. The van der Waals surface area contributed by atoms with Crippen molar-refractivity contribution in [2.45, 2.75) is 77.7 Å². The maximum atomic E-state index is 12.6. The molecule has 4 aliphatic rings. The smallest absolute Gasteiger partial charge is 0.260 e. The van der Waals surface area contributed by atoms with E-state index in [1.165, 1.54) is 44.1 Å². The minimum atomic E-state index is -0.576. The number of carbonyl (C=O) groups excluding carboxylic acids is 2. The fourth-order valence-electron chi connectivity index (χ4n) is 6.63. The van der Waals surface area contributed by atoms with Crippen LogP contribution < -0.4 is 15.4 Å². The first-order chi connectivity index (χ1) is 14.8. The Morgan fingerprint density at radius 3 is 2.03 bits per heavy atom. The van der Waals surface area contributed by atoms with E-state index in [0.29, 0.717) is 31.2 Å². The lowest BCUT2D eigenvalue weighted by atomic mass is 9.49. The van der Waals surface area contributed by atoms with Gasteiger partial charge in [0.15, 0.2) is 6.10 Å². The van der Waals surface area contributed by atoms with Crippen LogP contribution in [0, 0.1) is 23.2 Å². The van der Waals surface area contributed by atoms with Crippen LogP contribution in [0.3, 0.4) is 0 Å². The van der Waals surface area contributed by atoms with Gasteiger partial charge in [-0.05, 0) is 92.2 Å². The second kappa shape index (κ2) is 9.22. The zero-order chi connectivity index (χ0) is 22.0. The summed E-state index contributed by atoms with van der Waals surface area (Å²) in [4.78, 5) is 24.9. The van der Waals surface area contributed by atoms with Crippen molar-refractivity contribution < 1.29 is 14.3 Å². The van der Waals surface area contributed by atoms with Crippen LogP contribution in [0.5, 0.6) is 5.75 Å². The monoisotopic (exact) mass is 426 g/mol. The van der Waals surface area contributed by atoms with Gasteiger partial charge in [0.25, 0.3) is 5.91 Å². The second-order valence-electron chi connectivity index (χ2n) is 10.7. The third-order valence-electron chi connectivity index (χ3n) is 7.68. The van der Waals surface area contributed by atoms with Gasteiger partial charge in [0.05, 0.1) is 0 Å². The minimum Gasteiger partial charge on any atom is -0.481 e. The molecule has 0 aliphatic heterocycles. The van der Waals surface area contributed by atoms with Gasteiger partial charge in [-0.15, -0.1) is 0 Å². The molecule has 31 heavy (non-hydrogen) atoms. The van der Waals surface area contributed by atoms with E-state index in [4.69, 9.17) is 4.74 Å². The van der Waals surface area contributed by atoms with E-state index in [-0.39, 0.29) is 17.2 Å². The van der Waals surface area contributed by atoms with Gasteiger partial charge in [0.2, 0.25) is 5.91 Å². The largest absolute Gasteiger partial charge is 0.481 e. The molecule has 0 aromatic heterocycles. The molecule has 1 aromatic carbocycles. The van der Waals surface area contributed by atoms with Crippen LogP contribution in [0.4, 0.5) is 0 Å². The second-order valence-corrected chi connectivity index (χ2v) is 10.7. The molecule has 5 rings (SSSR count). The number of ether oxygens (including phenoxy) is 1. The van der Waals surface area contributed by atoms with Gasteiger partial charge in [0, 0.05) is 19.5 Å². The van der Waals surface area contributed by atoms with Crippen LogP contribution >= 0.6 is 0 Å². The quantitative estimate of drug-likeness (QED) is 0.575. The highest BCUT2D eigenvalue weighted by Gasteiger charge is 2.51. The molecule has 0 spiro atoms. The molecule has 2 amide bonds. The lowest BCUT2D eigenvalue weighted by molar-refractivity contribution is -0.130. The summed E-state index contributed by atoms with van der Waals surface area (Å²) in [6.45, 7) is 6.93. The fourth-order valence-corrected chi connectivity index (χ4v) is 6.63. The number of hydrogen-bond donors (Lipinski definition) is 2. The van der Waals surface area contributed by atoms with Crippen molar-refractivity contribution in [3.63, 3.8) is 0 Å². The molecule has 5 heteroatoms. The predicted molar refractivity (Wildman–Crippen MR) is 122 cm³/mol. The molecule has 0 saturated heterocycles. The molecule has 1 aromatic rings. The Bertz CT molecular complexity index is 751. The number of benzene rings is 1. The summed E-state index contributed by atoms with van der Waals surface area (Å²) in [5, 5.41) is 5.89. The van der Waals surface area contributed by atoms with Crippen LogP contribution in [0.15, 0.2) is 24.3 Å². The van der Waals surface area contributed by atoms with E-state index in [9.17, 15) is 9.59 Å². The van der Waals surface area contributed by atoms with Crippen molar-refractivity contribution in [1.29, 1.82) is 0 Å². The van der Waals surface area contributed by atoms with Crippen LogP contribution in [-0.4, -0.2) is 31.0 Å². The summed E-state index contributed by atoms with van der Waals surface area (Å²) in [6, 6.07) is 7.88. The standard InChI is InChI=1S/C26H38N2O3/c1-17(2)22-4-6-23(7-5-22)31-18(3)25(30)28-9-8-27-24(29)16-26-13-19-10-20(14-26)12-21(11-19)15-26/h4-7,17-21H,8-16H2,1-3H3,(H,27,29)(H,28,30). The Kier molecular flexibility index (Phi) is 6.59. The summed E-state index contributed by atoms with van der Waals surface area (Å²) in [5.74, 6) is 3.72. The summed E-state index contributed by atoms with van der Waals surface area (Å²) in [7, 11) is 0. The van der Waals surface area contributed by atoms with E-state index in [0.717, 1.165) is 17.8 Å². The maximum absolute atomic E-state index is 12.6. The Morgan fingerprint density at radius 2 is 1.48 bits per heavy atom. The Labute approximate surface area is 186 Å². The van der Waals surface area contributed by atoms with Crippen molar-refractivity contribution in [2.75, 3.05) is 13.1 Å². The van der Waals surface area contributed by atoms with E-state index in [1.807, 2.05) is 24.3 Å². The zero-order valence-corrected chi connectivity index (χ0v) is 19.3. The minimum absolute atomic E-state index is 0.144. The van der Waals surface area contributed by atoms with E-state index >= 15 is 0 Å². The van der Waals surface area contributed by atoms with Crippen LogP contribution in [0.1, 0.15) is 77.2 Å². The third-order valence-corrected chi connectivity index (χ3v) is 7.68. The van der Waals surface area contributed by atoms with Gasteiger partial charge in [-0.3, -0.25) is 9.59 Å². The van der Waals surface area contributed by atoms with Gasteiger partial charge in [-0.25, -0.2) is 0 Å². The van der Waals surface area contributed by atoms with Gasteiger partial charge in [0.1, 0.15) is 5.75 Å². The Balaban J connectivity index is 1.15. The first-order valence-corrected chi connectivity index (χ1v) is 12.1. The molecule has 2 N–H and O–H groups in total. The van der Waals surface area contributed by atoms with E-state index in [1.54, 1.807) is 6.92 Å². The van der Waals surface area contributed by atoms with Crippen molar-refractivity contribution in [3.05, 3.63) is 29.8 Å². The highest BCUT2D eigenvalue weighted by molar-refractivity contribution is 5.81. The molecule has 0 heterocycles. The van der Waals surface area contributed by atoms with Crippen molar-refractivity contribution in [1.82, 2.24) is 10.6 Å². The summed E-state index contributed by atoms with van der Waals surface area (Å²) >= 11 is 0. The van der Waals surface area contributed by atoms with E-state index < -0.39 is 6.10 Å². The normalized spacial score (nSPS) is 29.6. The van der Waals surface area contributed by atoms with Crippen molar-refractivity contribution >= 4 is 11.8 Å². The molecule has 4 aliphatic carbocycles. The number of amides is 2. The summed E-state index contributed by atoms with van der Waals surface area (Å²) in [5.41, 5.74) is 1.50. The highest BCUT2D eigenvalue weighted by atomic mass is 16.5. The SMILES string of the molecule is CC(Oc1ccc(C(C)C)cc1)C(=O)NCCNC(=O)CC12CC3CC(CC(C3)C1)C2. The molecule has 1 unspecified atom stereocenters. The average Bonchev–Trinajstić information content (AvgIpc) is 2.70. The molecule has 170 valence electrons. The van der Waals surface area contributed by atoms with Gasteiger partial charge in [-0.2, -0.15) is 0 Å². The molecule has 5 nitrogen and oxygen atoms in total. The molecular weight excluding hydrogens is 388 g/mol. The summed E-state index contributed by atoms with van der Waals surface area (Å²) < 4.78 is 5.75. The number of nitrogens with one attached hydrogen (secondary N) is 2. The topological polar surface area (TPSA) is 67.4 Å². The third kappa shape index (κ3) is 5.42. The average molecular weight is 427 g/mol. The van der Waals surface area contributed by atoms with Crippen LogP contribution in [-0.2, 0) is 9.59 Å². The van der Waals surface area contributed by atoms with Gasteiger partial charge < -0.3 is 15.4 Å². The summed E-state index contributed by atoms with van der Waals surface area (Å²) in [6.07, 6.45) is 8.02. The molecule has 4 fully saturated rings. The predicted octanol–water partition coefficient (Wildman–Crippen LogP) is 4.42. The molecule has 1 atom stereocenters. The Morgan fingerprint density at radius 1 is 0.935 bits per heavy atom. The molecule has 0 radical (unpaired) electrons. The van der Waals surface area contributed by atoms with Crippen molar-refractivity contribution in [3.8, 4) is 5.75 Å². The first-order valence-electron chi connectivity index (χ1n) is 12.1. The van der Waals surface area contributed by atoms with E-state index in [2.05, 4.69) is 24.5 Å². The van der Waals surface area contributed by atoms with Gasteiger partial charge >= 0.3 is 0 Å². The molecular formula is C26H38N2O3. The van der Waals surface area contributed by atoms with Crippen LogP contribution in [0.25, 0.3) is 0 Å². The molecule has 4 bridgehead atoms. The lowest BCUT2D eigenvalue weighted by Crippen LogP contribution is -2.48. The number of hydrogen-bond acceptors (Lipinski definition) is 3. The number of carbonyl (C=O) groups is 2.